The van der Waals surface area contributed by atoms with Crippen LogP contribution in [0.3, 0.4) is 0 Å². The lowest BCUT2D eigenvalue weighted by Crippen LogP contribution is -2.50. The van der Waals surface area contributed by atoms with Crippen molar-refractivity contribution >= 4 is 10.8 Å². The smallest absolute Gasteiger partial charge is 0.0906 e. The molecule has 3 unspecified atom stereocenters. The molecular formula is C9H18FNOS. The van der Waals surface area contributed by atoms with E-state index in [2.05, 4.69) is 11.8 Å². The third kappa shape index (κ3) is 2.74. The summed E-state index contributed by atoms with van der Waals surface area (Å²) < 4.78 is 23.4. The maximum Gasteiger partial charge on any atom is 0.0906 e. The summed E-state index contributed by atoms with van der Waals surface area (Å²) in [6.45, 7) is 5.51. The first-order valence-corrected chi connectivity index (χ1v) is 6.22. The van der Waals surface area contributed by atoms with Crippen LogP contribution in [0.2, 0.25) is 0 Å². The highest BCUT2D eigenvalue weighted by atomic mass is 32.2. The second-order valence-electron chi connectivity index (χ2n) is 3.61. The maximum absolute atomic E-state index is 12.0. The predicted molar refractivity (Wildman–Crippen MR) is 54.1 cm³/mol. The summed E-state index contributed by atoms with van der Waals surface area (Å²) in [4.78, 5) is 2.24. The van der Waals surface area contributed by atoms with Crippen LogP contribution < -0.4 is 0 Å². The van der Waals surface area contributed by atoms with Gasteiger partial charge in [-0.3, -0.25) is 13.5 Å². The fourth-order valence-electron chi connectivity index (χ4n) is 1.69. The van der Waals surface area contributed by atoms with Crippen molar-refractivity contribution in [3.8, 4) is 0 Å². The van der Waals surface area contributed by atoms with E-state index in [0.29, 0.717) is 12.5 Å². The van der Waals surface area contributed by atoms with Crippen LogP contribution in [0.5, 0.6) is 0 Å². The molecule has 1 aliphatic heterocycles. The van der Waals surface area contributed by atoms with Crippen molar-refractivity contribution in [2.24, 2.45) is 0 Å². The van der Waals surface area contributed by atoms with Crippen molar-refractivity contribution < 1.29 is 8.60 Å². The Hall–Kier alpha value is 0.0400. The Kier molecular flexibility index (Phi) is 4.32. The summed E-state index contributed by atoms with van der Waals surface area (Å²) in [5.74, 6) is 0.748. The molecule has 0 spiro atoms. The molecule has 1 saturated heterocycles. The van der Waals surface area contributed by atoms with Crippen LogP contribution >= 0.6 is 0 Å². The molecular weight excluding hydrogens is 189 g/mol. The molecule has 0 aromatic heterocycles. The van der Waals surface area contributed by atoms with Gasteiger partial charge in [-0.1, -0.05) is 0 Å². The van der Waals surface area contributed by atoms with Crippen LogP contribution in [0.25, 0.3) is 0 Å². The minimum Gasteiger partial charge on any atom is -0.298 e. The molecule has 78 valence electrons. The number of alkyl halides is 1. The SMILES string of the molecule is CC1C(C)S(=O)CCN1CCCF. The van der Waals surface area contributed by atoms with Crippen molar-refractivity contribution in [2.45, 2.75) is 31.6 Å². The van der Waals surface area contributed by atoms with Crippen molar-refractivity contribution in [1.29, 1.82) is 0 Å². The topological polar surface area (TPSA) is 20.3 Å². The summed E-state index contributed by atoms with van der Waals surface area (Å²) in [5.41, 5.74) is 0. The van der Waals surface area contributed by atoms with E-state index in [1.807, 2.05) is 6.92 Å². The normalized spacial score (nSPS) is 36.4. The summed E-state index contributed by atoms with van der Waals surface area (Å²) >= 11 is 0. The van der Waals surface area contributed by atoms with Gasteiger partial charge in [-0.25, -0.2) is 0 Å². The van der Waals surface area contributed by atoms with Gasteiger partial charge in [-0.15, -0.1) is 0 Å². The Labute approximate surface area is 82.0 Å². The first-order valence-electron chi connectivity index (χ1n) is 4.84. The van der Waals surface area contributed by atoms with Gasteiger partial charge < -0.3 is 0 Å². The average molecular weight is 207 g/mol. The van der Waals surface area contributed by atoms with Crippen LogP contribution in [0.1, 0.15) is 20.3 Å². The first kappa shape index (κ1) is 11.1. The monoisotopic (exact) mass is 207 g/mol. The van der Waals surface area contributed by atoms with Gasteiger partial charge in [0.1, 0.15) is 0 Å². The van der Waals surface area contributed by atoms with Gasteiger partial charge in [0.05, 0.1) is 6.67 Å². The summed E-state index contributed by atoms with van der Waals surface area (Å²) in [7, 11) is -0.677. The Bertz CT molecular complexity index is 188. The number of hydrogen-bond donors (Lipinski definition) is 0. The Morgan fingerprint density at radius 2 is 2.23 bits per heavy atom. The van der Waals surface area contributed by atoms with Crippen molar-refractivity contribution in [2.75, 3.05) is 25.5 Å². The van der Waals surface area contributed by atoms with E-state index in [1.165, 1.54) is 0 Å². The fraction of sp³-hybridized carbons (Fsp3) is 1.00. The highest BCUT2D eigenvalue weighted by Crippen LogP contribution is 2.16. The van der Waals surface area contributed by atoms with E-state index < -0.39 is 10.8 Å². The number of hydrogen-bond acceptors (Lipinski definition) is 2. The molecule has 0 aliphatic carbocycles. The molecule has 0 bridgehead atoms. The molecule has 3 atom stereocenters. The fourth-order valence-corrected chi connectivity index (χ4v) is 3.09. The van der Waals surface area contributed by atoms with E-state index in [1.54, 1.807) is 0 Å². The molecule has 2 nitrogen and oxygen atoms in total. The van der Waals surface area contributed by atoms with Gasteiger partial charge in [-0.2, -0.15) is 0 Å². The minimum absolute atomic E-state index is 0.230. The summed E-state index contributed by atoms with van der Waals surface area (Å²) in [6.07, 6.45) is 0.601. The zero-order chi connectivity index (χ0) is 9.84. The van der Waals surface area contributed by atoms with E-state index in [-0.39, 0.29) is 11.9 Å². The molecule has 13 heavy (non-hydrogen) atoms. The van der Waals surface area contributed by atoms with Crippen LogP contribution in [-0.4, -0.2) is 45.9 Å². The lowest BCUT2D eigenvalue weighted by Gasteiger charge is -2.37. The second kappa shape index (κ2) is 5.05. The van der Waals surface area contributed by atoms with Crippen molar-refractivity contribution in [1.82, 2.24) is 4.90 Å². The number of nitrogens with zero attached hydrogens (tertiary/aromatic N) is 1. The first-order chi connectivity index (χ1) is 6.16. The molecule has 0 aromatic carbocycles. The number of rotatable bonds is 3. The molecule has 1 aliphatic rings. The molecule has 0 radical (unpaired) electrons. The third-order valence-electron chi connectivity index (χ3n) is 2.83. The van der Waals surface area contributed by atoms with Gasteiger partial charge in [0.25, 0.3) is 0 Å². The molecule has 0 amide bonds. The lowest BCUT2D eigenvalue weighted by molar-refractivity contribution is 0.201. The van der Waals surface area contributed by atoms with Gasteiger partial charge in [-0.05, 0) is 20.3 Å². The van der Waals surface area contributed by atoms with Gasteiger partial charge >= 0.3 is 0 Å². The second-order valence-corrected chi connectivity index (χ2v) is 5.52. The van der Waals surface area contributed by atoms with Gasteiger partial charge in [0.15, 0.2) is 0 Å². The molecule has 0 saturated carbocycles. The van der Waals surface area contributed by atoms with E-state index in [0.717, 1.165) is 18.8 Å². The Morgan fingerprint density at radius 3 is 2.85 bits per heavy atom. The van der Waals surface area contributed by atoms with Crippen molar-refractivity contribution in [3.63, 3.8) is 0 Å². The molecule has 0 N–H and O–H groups in total. The van der Waals surface area contributed by atoms with Crippen LogP contribution in [-0.2, 0) is 10.8 Å². The molecule has 0 aromatic rings. The summed E-state index contributed by atoms with van der Waals surface area (Å²) in [5, 5.41) is 0.230. The average Bonchev–Trinajstić information content (AvgIpc) is 2.13. The van der Waals surface area contributed by atoms with Gasteiger partial charge in [0.2, 0.25) is 0 Å². The standard InChI is InChI=1S/C9H18FNOS/c1-8-9(2)13(12)7-6-11(8)5-3-4-10/h8-9H,3-7H2,1-2H3. The zero-order valence-corrected chi connectivity index (χ0v) is 9.15. The van der Waals surface area contributed by atoms with Crippen molar-refractivity contribution in [3.05, 3.63) is 0 Å². The highest BCUT2D eigenvalue weighted by Gasteiger charge is 2.29. The van der Waals surface area contributed by atoms with E-state index in [4.69, 9.17) is 0 Å². The lowest BCUT2D eigenvalue weighted by atomic mass is 10.2. The van der Waals surface area contributed by atoms with E-state index in [9.17, 15) is 8.60 Å². The van der Waals surface area contributed by atoms with Crippen LogP contribution in [0.4, 0.5) is 4.39 Å². The molecule has 1 fully saturated rings. The summed E-state index contributed by atoms with van der Waals surface area (Å²) in [6, 6.07) is 0.334. The number of halogens is 1. The maximum atomic E-state index is 12.0. The van der Waals surface area contributed by atoms with Gasteiger partial charge in [0, 0.05) is 40.9 Å². The molecule has 1 heterocycles. The predicted octanol–water partition coefficient (Wildman–Crippen LogP) is 1.19. The van der Waals surface area contributed by atoms with Crippen LogP contribution in [0, 0.1) is 0 Å². The minimum atomic E-state index is -0.677. The highest BCUT2D eigenvalue weighted by molar-refractivity contribution is 7.85. The molecule has 4 heteroatoms. The van der Waals surface area contributed by atoms with Crippen LogP contribution in [0.15, 0.2) is 0 Å². The Morgan fingerprint density at radius 1 is 1.54 bits per heavy atom. The quantitative estimate of drug-likeness (QED) is 0.693. The largest absolute Gasteiger partial charge is 0.298 e. The Balaban J connectivity index is 2.44. The third-order valence-corrected chi connectivity index (χ3v) is 4.64. The molecule has 1 rings (SSSR count). The zero-order valence-electron chi connectivity index (χ0n) is 8.33. The van der Waals surface area contributed by atoms with E-state index >= 15 is 0 Å².